The number of nitrogens with two attached hydrogens (primary N) is 1. The van der Waals surface area contributed by atoms with Gasteiger partial charge in [-0.25, -0.2) is 0 Å². The Balaban J connectivity index is 0.00000196. The SMILES string of the molecule is CCC(C)[C@@H](N)c1cc(Cl)ccc1Br.Cl. The molecule has 2 atom stereocenters. The second-order valence-electron chi connectivity index (χ2n) is 3.58. The van der Waals surface area contributed by atoms with Gasteiger partial charge in [0.05, 0.1) is 0 Å². The van der Waals surface area contributed by atoms with Crippen LogP contribution in [0.3, 0.4) is 0 Å². The summed E-state index contributed by atoms with van der Waals surface area (Å²) >= 11 is 9.42. The highest BCUT2D eigenvalue weighted by Gasteiger charge is 2.15. The van der Waals surface area contributed by atoms with Crippen molar-refractivity contribution in [3.8, 4) is 0 Å². The van der Waals surface area contributed by atoms with E-state index >= 15 is 0 Å². The lowest BCUT2D eigenvalue weighted by Gasteiger charge is -2.20. The highest BCUT2D eigenvalue weighted by molar-refractivity contribution is 9.10. The molecule has 0 fully saturated rings. The molecule has 0 aromatic heterocycles. The number of rotatable bonds is 3. The zero-order chi connectivity index (χ0) is 10.7. The fourth-order valence-corrected chi connectivity index (χ4v) is 2.02. The maximum absolute atomic E-state index is 6.13. The summed E-state index contributed by atoms with van der Waals surface area (Å²) in [4.78, 5) is 0. The van der Waals surface area contributed by atoms with Gasteiger partial charge in [-0.15, -0.1) is 12.4 Å². The molecule has 1 aromatic rings. The molecule has 1 nitrogen and oxygen atoms in total. The number of halogens is 3. The van der Waals surface area contributed by atoms with Crippen LogP contribution in [-0.2, 0) is 0 Å². The van der Waals surface area contributed by atoms with Gasteiger partial charge in [-0.2, -0.15) is 0 Å². The van der Waals surface area contributed by atoms with Crippen molar-refractivity contribution in [3.05, 3.63) is 33.3 Å². The van der Waals surface area contributed by atoms with Crippen LogP contribution in [0.4, 0.5) is 0 Å². The van der Waals surface area contributed by atoms with Gasteiger partial charge in [0.1, 0.15) is 0 Å². The molecule has 0 heterocycles. The third-order valence-corrected chi connectivity index (χ3v) is 3.53. The van der Waals surface area contributed by atoms with Crippen molar-refractivity contribution < 1.29 is 0 Å². The molecular formula is C11H16BrCl2N. The molecule has 2 N–H and O–H groups in total. The minimum Gasteiger partial charge on any atom is -0.324 e. The second kappa shape index (κ2) is 6.74. The predicted molar refractivity (Wildman–Crippen MR) is 72.8 cm³/mol. The van der Waals surface area contributed by atoms with Crippen molar-refractivity contribution >= 4 is 39.9 Å². The minimum absolute atomic E-state index is 0. The standard InChI is InChI=1S/C11H15BrClN.ClH/c1-3-7(2)11(14)9-6-8(13)4-5-10(9)12;/h4-7,11H,3,14H2,1-2H3;1H/t7?,11-;/m1./s1. The van der Waals surface area contributed by atoms with Gasteiger partial charge in [0.2, 0.25) is 0 Å². The van der Waals surface area contributed by atoms with E-state index in [4.69, 9.17) is 17.3 Å². The van der Waals surface area contributed by atoms with Crippen LogP contribution in [0.2, 0.25) is 5.02 Å². The molecule has 0 aliphatic rings. The van der Waals surface area contributed by atoms with Gasteiger partial charge in [-0.1, -0.05) is 47.8 Å². The van der Waals surface area contributed by atoms with E-state index in [1.807, 2.05) is 18.2 Å². The zero-order valence-electron chi connectivity index (χ0n) is 8.84. The van der Waals surface area contributed by atoms with Gasteiger partial charge in [0.25, 0.3) is 0 Å². The van der Waals surface area contributed by atoms with Crippen LogP contribution in [0, 0.1) is 5.92 Å². The maximum Gasteiger partial charge on any atom is 0.0410 e. The molecule has 1 unspecified atom stereocenters. The molecule has 0 saturated carbocycles. The fourth-order valence-electron chi connectivity index (χ4n) is 1.33. The number of hydrogen-bond acceptors (Lipinski definition) is 1. The second-order valence-corrected chi connectivity index (χ2v) is 4.87. The maximum atomic E-state index is 6.13. The Hall–Kier alpha value is 0.240. The van der Waals surface area contributed by atoms with Crippen LogP contribution in [0.25, 0.3) is 0 Å². The average Bonchev–Trinajstić information content (AvgIpc) is 2.19. The smallest absolute Gasteiger partial charge is 0.0410 e. The first kappa shape index (κ1) is 15.2. The van der Waals surface area contributed by atoms with Crippen molar-refractivity contribution in [3.63, 3.8) is 0 Å². The Bertz CT molecular complexity index is 317. The Morgan fingerprint density at radius 1 is 1.47 bits per heavy atom. The Kier molecular flexibility index (Phi) is 6.85. The minimum atomic E-state index is 0. The van der Waals surface area contributed by atoms with Crippen LogP contribution < -0.4 is 5.73 Å². The molecule has 1 rings (SSSR count). The van der Waals surface area contributed by atoms with Crippen molar-refractivity contribution in [1.29, 1.82) is 0 Å². The molecule has 0 spiro atoms. The summed E-state index contributed by atoms with van der Waals surface area (Å²) in [5.41, 5.74) is 7.22. The van der Waals surface area contributed by atoms with Crippen LogP contribution in [0.15, 0.2) is 22.7 Å². The summed E-state index contributed by atoms with van der Waals surface area (Å²) in [6, 6.07) is 5.79. The van der Waals surface area contributed by atoms with Gasteiger partial charge in [-0.3, -0.25) is 0 Å². The van der Waals surface area contributed by atoms with Crippen molar-refractivity contribution in [2.45, 2.75) is 26.3 Å². The summed E-state index contributed by atoms with van der Waals surface area (Å²) in [6.45, 7) is 4.29. The van der Waals surface area contributed by atoms with Gasteiger partial charge in [-0.05, 0) is 29.7 Å². The highest BCUT2D eigenvalue weighted by atomic mass is 79.9. The number of benzene rings is 1. The summed E-state index contributed by atoms with van der Waals surface area (Å²) in [6.07, 6.45) is 1.07. The lowest BCUT2D eigenvalue weighted by atomic mass is 9.93. The van der Waals surface area contributed by atoms with E-state index in [1.165, 1.54) is 0 Å². The lowest BCUT2D eigenvalue weighted by molar-refractivity contribution is 0.455. The van der Waals surface area contributed by atoms with E-state index in [2.05, 4.69) is 29.8 Å². The third-order valence-electron chi connectivity index (χ3n) is 2.57. The largest absolute Gasteiger partial charge is 0.324 e. The van der Waals surface area contributed by atoms with Gasteiger partial charge < -0.3 is 5.73 Å². The molecule has 0 amide bonds. The number of hydrogen-bond donors (Lipinski definition) is 1. The molecule has 0 aliphatic carbocycles. The van der Waals surface area contributed by atoms with E-state index in [-0.39, 0.29) is 18.4 Å². The van der Waals surface area contributed by atoms with E-state index in [9.17, 15) is 0 Å². The Labute approximate surface area is 111 Å². The van der Waals surface area contributed by atoms with Crippen molar-refractivity contribution in [2.75, 3.05) is 0 Å². The Morgan fingerprint density at radius 3 is 2.60 bits per heavy atom. The molecule has 0 radical (unpaired) electrons. The van der Waals surface area contributed by atoms with E-state index in [0.717, 1.165) is 21.5 Å². The summed E-state index contributed by atoms with van der Waals surface area (Å²) < 4.78 is 1.04. The summed E-state index contributed by atoms with van der Waals surface area (Å²) in [5, 5.41) is 0.738. The van der Waals surface area contributed by atoms with E-state index < -0.39 is 0 Å². The normalized spacial score (nSPS) is 14.2. The quantitative estimate of drug-likeness (QED) is 0.869. The lowest BCUT2D eigenvalue weighted by Crippen LogP contribution is -2.18. The van der Waals surface area contributed by atoms with Crippen LogP contribution in [0.1, 0.15) is 31.9 Å². The van der Waals surface area contributed by atoms with Crippen molar-refractivity contribution in [2.24, 2.45) is 11.7 Å². The first-order valence-corrected chi connectivity index (χ1v) is 5.94. The molecular weight excluding hydrogens is 297 g/mol. The van der Waals surface area contributed by atoms with Crippen LogP contribution in [0.5, 0.6) is 0 Å². The predicted octanol–water partition coefficient (Wildman–Crippen LogP) is 4.57. The average molecular weight is 313 g/mol. The van der Waals surface area contributed by atoms with Crippen molar-refractivity contribution in [1.82, 2.24) is 0 Å². The summed E-state index contributed by atoms with van der Waals surface area (Å²) in [7, 11) is 0. The van der Waals surface area contributed by atoms with Crippen LogP contribution >= 0.6 is 39.9 Å². The molecule has 0 bridgehead atoms. The molecule has 0 aliphatic heterocycles. The van der Waals surface area contributed by atoms with Crippen LogP contribution in [-0.4, -0.2) is 0 Å². The first-order valence-electron chi connectivity index (χ1n) is 4.76. The molecule has 15 heavy (non-hydrogen) atoms. The molecule has 86 valence electrons. The first-order chi connectivity index (χ1) is 6.56. The topological polar surface area (TPSA) is 26.0 Å². The third kappa shape index (κ3) is 3.95. The molecule has 0 saturated heterocycles. The highest BCUT2D eigenvalue weighted by Crippen LogP contribution is 2.30. The van der Waals surface area contributed by atoms with Gasteiger partial charge >= 0.3 is 0 Å². The summed E-state index contributed by atoms with van der Waals surface area (Å²) in [5.74, 6) is 0.463. The molecule has 4 heteroatoms. The monoisotopic (exact) mass is 311 g/mol. The fraction of sp³-hybridized carbons (Fsp3) is 0.455. The Morgan fingerprint density at radius 2 is 2.07 bits per heavy atom. The van der Waals surface area contributed by atoms with E-state index in [0.29, 0.717) is 5.92 Å². The van der Waals surface area contributed by atoms with Gasteiger partial charge in [0, 0.05) is 15.5 Å². The zero-order valence-corrected chi connectivity index (χ0v) is 12.0. The van der Waals surface area contributed by atoms with E-state index in [1.54, 1.807) is 0 Å². The van der Waals surface area contributed by atoms with Gasteiger partial charge in [0.15, 0.2) is 0 Å². The molecule has 1 aromatic carbocycles.